The molecular weight excluding hydrogens is 214 g/mol. The first kappa shape index (κ1) is 12.4. The highest BCUT2D eigenvalue weighted by molar-refractivity contribution is 5.27. The third kappa shape index (κ3) is 3.20. The third-order valence-electron chi connectivity index (χ3n) is 3.50. The van der Waals surface area contributed by atoms with Gasteiger partial charge in [0.1, 0.15) is 5.75 Å². The minimum absolute atomic E-state index is 0.571. The highest BCUT2D eigenvalue weighted by atomic mass is 16.5. The molecule has 3 nitrogen and oxygen atoms in total. The molecule has 1 aliphatic rings. The van der Waals surface area contributed by atoms with E-state index in [9.17, 15) is 0 Å². The second-order valence-electron chi connectivity index (χ2n) is 4.57. The monoisotopic (exact) mass is 235 g/mol. The van der Waals surface area contributed by atoms with E-state index in [1.165, 1.54) is 5.56 Å². The largest absolute Gasteiger partial charge is 0.497 e. The minimum Gasteiger partial charge on any atom is -0.497 e. The molecule has 0 unspecified atom stereocenters. The summed E-state index contributed by atoms with van der Waals surface area (Å²) in [7, 11) is 3.73. The van der Waals surface area contributed by atoms with Crippen molar-refractivity contribution in [2.75, 3.05) is 27.4 Å². The van der Waals surface area contributed by atoms with Crippen LogP contribution in [-0.2, 0) is 11.2 Å². The SMILES string of the molecule is CN[C@@H]1CCOC[C@@H]1Cc1ccc(OC)cc1. The van der Waals surface area contributed by atoms with Crippen molar-refractivity contribution in [1.29, 1.82) is 0 Å². The van der Waals surface area contributed by atoms with E-state index in [1.807, 2.05) is 19.2 Å². The number of ether oxygens (including phenoxy) is 2. The Labute approximate surface area is 103 Å². The van der Waals surface area contributed by atoms with Crippen molar-refractivity contribution in [3.8, 4) is 5.75 Å². The van der Waals surface area contributed by atoms with Crippen molar-refractivity contribution in [3.63, 3.8) is 0 Å². The van der Waals surface area contributed by atoms with Crippen LogP contribution in [0.15, 0.2) is 24.3 Å². The Morgan fingerprint density at radius 1 is 1.35 bits per heavy atom. The van der Waals surface area contributed by atoms with Gasteiger partial charge in [0.25, 0.3) is 0 Å². The molecule has 0 bridgehead atoms. The standard InChI is InChI=1S/C14H21NO2/c1-15-14-7-8-17-10-12(14)9-11-3-5-13(16-2)6-4-11/h3-6,12,14-15H,7-10H2,1-2H3/t12-,14+/m0/s1. The number of nitrogens with one attached hydrogen (secondary N) is 1. The van der Waals surface area contributed by atoms with E-state index >= 15 is 0 Å². The van der Waals surface area contributed by atoms with E-state index in [4.69, 9.17) is 9.47 Å². The summed E-state index contributed by atoms with van der Waals surface area (Å²) < 4.78 is 10.7. The maximum atomic E-state index is 5.57. The van der Waals surface area contributed by atoms with Gasteiger partial charge in [-0.3, -0.25) is 0 Å². The molecule has 0 saturated carbocycles. The molecule has 1 aliphatic heterocycles. The Bertz CT molecular complexity index is 337. The van der Waals surface area contributed by atoms with Gasteiger partial charge in [-0.25, -0.2) is 0 Å². The second-order valence-corrected chi connectivity index (χ2v) is 4.57. The van der Waals surface area contributed by atoms with Gasteiger partial charge < -0.3 is 14.8 Å². The van der Waals surface area contributed by atoms with E-state index in [-0.39, 0.29) is 0 Å². The number of rotatable bonds is 4. The van der Waals surface area contributed by atoms with Crippen LogP contribution in [0.3, 0.4) is 0 Å². The fraction of sp³-hybridized carbons (Fsp3) is 0.571. The Balaban J connectivity index is 1.98. The Morgan fingerprint density at radius 2 is 2.12 bits per heavy atom. The lowest BCUT2D eigenvalue weighted by Gasteiger charge is -2.31. The van der Waals surface area contributed by atoms with Gasteiger partial charge in [-0.15, -0.1) is 0 Å². The molecule has 0 radical (unpaired) electrons. The van der Waals surface area contributed by atoms with Crippen molar-refractivity contribution in [2.45, 2.75) is 18.9 Å². The number of hydrogen-bond donors (Lipinski definition) is 1. The van der Waals surface area contributed by atoms with Crippen LogP contribution in [0.4, 0.5) is 0 Å². The van der Waals surface area contributed by atoms with Crippen LogP contribution in [-0.4, -0.2) is 33.4 Å². The Hall–Kier alpha value is -1.06. The molecule has 2 rings (SSSR count). The lowest BCUT2D eigenvalue weighted by atomic mass is 9.89. The average molecular weight is 235 g/mol. The zero-order valence-electron chi connectivity index (χ0n) is 10.6. The maximum Gasteiger partial charge on any atom is 0.118 e. The summed E-state index contributed by atoms with van der Waals surface area (Å²) in [4.78, 5) is 0. The minimum atomic E-state index is 0.571. The molecule has 3 heteroatoms. The second kappa shape index (κ2) is 6.03. The predicted molar refractivity (Wildman–Crippen MR) is 68.5 cm³/mol. The summed E-state index contributed by atoms with van der Waals surface area (Å²) in [6.45, 7) is 1.74. The summed E-state index contributed by atoms with van der Waals surface area (Å²) in [5, 5.41) is 3.39. The van der Waals surface area contributed by atoms with Gasteiger partial charge in [0, 0.05) is 18.6 Å². The average Bonchev–Trinajstić information content (AvgIpc) is 2.40. The molecule has 1 N–H and O–H groups in total. The number of hydrogen-bond acceptors (Lipinski definition) is 3. The van der Waals surface area contributed by atoms with Crippen molar-refractivity contribution in [3.05, 3.63) is 29.8 Å². The van der Waals surface area contributed by atoms with E-state index in [1.54, 1.807) is 7.11 Å². The van der Waals surface area contributed by atoms with Crippen LogP contribution in [0.1, 0.15) is 12.0 Å². The lowest BCUT2D eigenvalue weighted by molar-refractivity contribution is 0.0342. The Morgan fingerprint density at radius 3 is 2.76 bits per heavy atom. The first-order valence-electron chi connectivity index (χ1n) is 6.21. The molecule has 0 spiro atoms. The van der Waals surface area contributed by atoms with E-state index in [2.05, 4.69) is 17.4 Å². The molecule has 1 fully saturated rings. The molecule has 94 valence electrons. The smallest absolute Gasteiger partial charge is 0.118 e. The van der Waals surface area contributed by atoms with Crippen molar-refractivity contribution in [1.82, 2.24) is 5.32 Å². The molecule has 17 heavy (non-hydrogen) atoms. The van der Waals surface area contributed by atoms with Crippen molar-refractivity contribution < 1.29 is 9.47 Å². The topological polar surface area (TPSA) is 30.5 Å². The van der Waals surface area contributed by atoms with Gasteiger partial charge in [-0.1, -0.05) is 12.1 Å². The summed E-state index contributed by atoms with van der Waals surface area (Å²) in [6, 6.07) is 8.90. The molecule has 2 atom stereocenters. The molecule has 0 amide bonds. The van der Waals surface area contributed by atoms with Crippen LogP contribution in [0.25, 0.3) is 0 Å². The van der Waals surface area contributed by atoms with E-state index in [0.29, 0.717) is 12.0 Å². The van der Waals surface area contributed by atoms with Gasteiger partial charge in [-0.05, 0) is 37.6 Å². The fourth-order valence-electron chi connectivity index (χ4n) is 2.44. The van der Waals surface area contributed by atoms with Gasteiger partial charge in [-0.2, -0.15) is 0 Å². The van der Waals surface area contributed by atoms with Crippen LogP contribution in [0, 0.1) is 5.92 Å². The Kier molecular flexibility index (Phi) is 4.40. The molecule has 1 heterocycles. The molecule has 1 saturated heterocycles. The number of methoxy groups -OCH3 is 1. The number of benzene rings is 1. The third-order valence-corrected chi connectivity index (χ3v) is 3.50. The molecule has 1 aromatic carbocycles. The van der Waals surface area contributed by atoms with Crippen molar-refractivity contribution >= 4 is 0 Å². The lowest BCUT2D eigenvalue weighted by Crippen LogP contribution is -2.41. The highest BCUT2D eigenvalue weighted by Crippen LogP contribution is 2.21. The predicted octanol–water partition coefficient (Wildman–Crippen LogP) is 1.86. The quantitative estimate of drug-likeness (QED) is 0.864. The maximum absolute atomic E-state index is 5.57. The van der Waals surface area contributed by atoms with Crippen LogP contribution < -0.4 is 10.1 Å². The zero-order chi connectivity index (χ0) is 12.1. The van der Waals surface area contributed by atoms with Gasteiger partial charge in [0.15, 0.2) is 0 Å². The van der Waals surface area contributed by atoms with E-state index < -0.39 is 0 Å². The summed E-state index contributed by atoms with van der Waals surface area (Å²) in [6.07, 6.45) is 2.17. The fourth-order valence-corrected chi connectivity index (χ4v) is 2.44. The van der Waals surface area contributed by atoms with Gasteiger partial charge >= 0.3 is 0 Å². The van der Waals surface area contributed by atoms with E-state index in [0.717, 1.165) is 31.8 Å². The zero-order valence-corrected chi connectivity index (χ0v) is 10.6. The van der Waals surface area contributed by atoms with Crippen molar-refractivity contribution in [2.24, 2.45) is 5.92 Å². The first-order chi connectivity index (χ1) is 8.33. The molecule has 0 aliphatic carbocycles. The summed E-state index contributed by atoms with van der Waals surface area (Å²) >= 11 is 0. The first-order valence-corrected chi connectivity index (χ1v) is 6.21. The molecule has 0 aromatic heterocycles. The van der Waals surface area contributed by atoms with Gasteiger partial charge in [0.2, 0.25) is 0 Å². The van der Waals surface area contributed by atoms with Crippen LogP contribution >= 0.6 is 0 Å². The summed E-state index contributed by atoms with van der Waals surface area (Å²) in [5.74, 6) is 1.49. The van der Waals surface area contributed by atoms with Gasteiger partial charge in [0.05, 0.1) is 13.7 Å². The molecular formula is C14H21NO2. The van der Waals surface area contributed by atoms with Crippen LogP contribution in [0.5, 0.6) is 5.75 Å². The summed E-state index contributed by atoms with van der Waals surface area (Å²) in [5.41, 5.74) is 1.35. The van der Waals surface area contributed by atoms with Crippen LogP contribution in [0.2, 0.25) is 0 Å². The normalized spacial score (nSPS) is 24.6. The highest BCUT2D eigenvalue weighted by Gasteiger charge is 2.24. The molecule has 1 aromatic rings.